The largest absolute Gasteiger partial charge is 0.496 e. The minimum atomic E-state index is -3.70. The van der Waals surface area contributed by atoms with Gasteiger partial charge in [0.2, 0.25) is 10.0 Å². The summed E-state index contributed by atoms with van der Waals surface area (Å²) in [5.74, 6) is 0.255. The standard InChI is InChI=1S/C24H39N3O4S/c1-3-20-11-6-9-15-26(20)18-10-14-25-32(29,30)21-12-13-23(31-2)22(19-21)24(28)27-16-7-4-5-8-17-27/h12-13,19-20,25H,3-11,14-18H2,1-2H3/t20-/m0/s1. The lowest BCUT2D eigenvalue weighted by atomic mass is 10.00. The maximum absolute atomic E-state index is 13.1. The van der Waals surface area contributed by atoms with Crippen LogP contribution in [0.3, 0.4) is 0 Å². The molecule has 0 aromatic heterocycles. The summed E-state index contributed by atoms with van der Waals surface area (Å²) in [7, 11) is -2.19. The molecule has 1 N–H and O–H groups in total. The third-order valence-electron chi connectivity index (χ3n) is 6.74. The summed E-state index contributed by atoms with van der Waals surface area (Å²) in [5.41, 5.74) is 0.316. The van der Waals surface area contributed by atoms with Crippen molar-refractivity contribution < 1.29 is 17.9 Å². The normalized spacial score (nSPS) is 20.7. The number of hydrogen-bond acceptors (Lipinski definition) is 5. The number of piperidine rings is 1. The van der Waals surface area contributed by atoms with Crippen molar-refractivity contribution in [1.29, 1.82) is 0 Å². The quantitative estimate of drug-likeness (QED) is 0.563. The molecule has 1 aromatic carbocycles. The van der Waals surface area contributed by atoms with E-state index in [-0.39, 0.29) is 10.8 Å². The monoisotopic (exact) mass is 465 g/mol. The summed E-state index contributed by atoms with van der Waals surface area (Å²) < 4.78 is 33.9. The average Bonchev–Trinajstić information content (AvgIpc) is 3.11. The molecular formula is C24H39N3O4S. The summed E-state index contributed by atoms with van der Waals surface area (Å²) in [6, 6.07) is 5.18. The van der Waals surface area contributed by atoms with Crippen molar-refractivity contribution in [3.63, 3.8) is 0 Å². The van der Waals surface area contributed by atoms with E-state index < -0.39 is 10.0 Å². The zero-order valence-corrected chi connectivity index (χ0v) is 20.5. The highest BCUT2D eigenvalue weighted by atomic mass is 32.2. The second kappa shape index (κ2) is 12.0. The number of likely N-dealkylation sites (tertiary alicyclic amines) is 2. The van der Waals surface area contributed by atoms with Crippen molar-refractivity contribution >= 4 is 15.9 Å². The molecule has 0 unspecified atom stereocenters. The summed E-state index contributed by atoms with van der Waals surface area (Å²) in [6.45, 7) is 6.02. The van der Waals surface area contributed by atoms with Crippen molar-refractivity contribution in [2.45, 2.75) is 75.6 Å². The lowest BCUT2D eigenvalue weighted by molar-refractivity contribution is 0.0758. The number of benzene rings is 1. The maximum atomic E-state index is 13.1. The number of nitrogens with one attached hydrogen (secondary N) is 1. The molecule has 1 atom stereocenters. The van der Waals surface area contributed by atoms with E-state index in [0.717, 1.165) is 51.6 Å². The van der Waals surface area contributed by atoms with Crippen LogP contribution in [0.2, 0.25) is 0 Å². The molecular weight excluding hydrogens is 426 g/mol. The third kappa shape index (κ3) is 6.45. The van der Waals surface area contributed by atoms with E-state index in [0.29, 0.717) is 37.0 Å². The second-order valence-corrected chi connectivity index (χ2v) is 10.7. The van der Waals surface area contributed by atoms with Crippen LogP contribution in [0.1, 0.15) is 75.1 Å². The van der Waals surface area contributed by atoms with Crippen LogP contribution >= 0.6 is 0 Å². The fourth-order valence-electron chi connectivity index (χ4n) is 4.85. The fraction of sp³-hybridized carbons (Fsp3) is 0.708. The second-order valence-electron chi connectivity index (χ2n) is 8.91. The third-order valence-corrected chi connectivity index (χ3v) is 8.20. The minimum Gasteiger partial charge on any atom is -0.496 e. The van der Waals surface area contributed by atoms with Gasteiger partial charge < -0.3 is 14.5 Å². The average molecular weight is 466 g/mol. The van der Waals surface area contributed by atoms with Gasteiger partial charge in [0.1, 0.15) is 5.75 Å². The molecule has 2 heterocycles. The fourth-order valence-corrected chi connectivity index (χ4v) is 5.95. The highest BCUT2D eigenvalue weighted by Crippen LogP contribution is 2.25. The molecule has 2 fully saturated rings. The van der Waals surface area contributed by atoms with Crippen molar-refractivity contribution in [2.75, 3.05) is 39.8 Å². The maximum Gasteiger partial charge on any atom is 0.257 e. The van der Waals surface area contributed by atoms with Gasteiger partial charge in [-0.05, 0) is 69.8 Å². The Balaban J connectivity index is 1.64. The van der Waals surface area contributed by atoms with Crippen LogP contribution in [0.25, 0.3) is 0 Å². The van der Waals surface area contributed by atoms with Crippen molar-refractivity contribution in [3.8, 4) is 5.75 Å². The summed E-state index contributed by atoms with van der Waals surface area (Å²) in [5, 5.41) is 0. The molecule has 0 radical (unpaired) electrons. The number of ether oxygens (including phenoxy) is 1. The smallest absolute Gasteiger partial charge is 0.257 e. The molecule has 8 heteroatoms. The number of carbonyl (C=O) groups excluding carboxylic acids is 1. The SMILES string of the molecule is CC[C@H]1CCCCN1CCCNS(=O)(=O)c1ccc(OC)c(C(=O)N2CCCCCC2)c1. The lowest BCUT2D eigenvalue weighted by Crippen LogP contribution is -2.40. The number of nitrogens with zero attached hydrogens (tertiary/aromatic N) is 2. The van der Waals surface area contributed by atoms with Gasteiger partial charge >= 0.3 is 0 Å². The van der Waals surface area contributed by atoms with Crippen molar-refractivity contribution in [1.82, 2.24) is 14.5 Å². The predicted octanol–water partition coefficient (Wildman–Crippen LogP) is 3.64. The number of hydrogen-bond donors (Lipinski definition) is 1. The number of rotatable bonds is 9. The van der Waals surface area contributed by atoms with Gasteiger partial charge in [-0.1, -0.05) is 26.2 Å². The lowest BCUT2D eigenvalue weighted by Gasteiger charge is -2.35. The molecule has 2 aliphatic rings. The van der Waals surface area contributed by atoms with Crippen molar-refractivity contribution in [2.24, 2.45) is 0 Å². The molecule has 2 aliphatic heterocycles. The Morgan fingerprint density at radius 3 is 2.50 bits per heavy atom. The molecule has 0 saturated carbocycles. The van der Waals surface area contributed by atoms with Gasteiger partial charge in [0, 0.05) is 25.7 Å². The Kier molecular flexibility index (Phi) is 9.37. The van der Waals surface area contributed by atoms with Crippen LogP contribution in [0, 0.1) is 0 Å². The van der Waals surface area contributed by atoms with Crippen LogP contribution in [0.5, 0.6) is 5.75 Å². The first-order chi connectivity index (χ1) is 15.5. The van der Waals surface area contributed by atoms with Gasteiger partial charge in [-0.25, -0.2) is 13.1 Å². The molecule has 0 bridgehead atoms. The van der Waals surface area contributed by atoms with E-state index in [1.807, 2.05) is 4.90 Å². The molecule has 2 saturated heterocycles. The van der Waals surface area contributed by atoms with E-state index >= 15 is 0 Å². The van der Waals surface area contributed by atoms with Gasteiger partial charge in [-0.2, -0.15) is 0 Å². The Morgan fingerprint density at radius 2 is 1.81 bits per heavy atom. The number of amides is 1. The van der Waals surface area contributed by atoms with Crippen LogP contribution in [0.15, 0.2) is 23.1 Å². The Bertz CT molecular complexity index is 851. The zero-order chi connectivity index (χ0) is 23.0. The van der Waals surface area contributed by atoms with Gasteiger partial charge in [-0.15, -0.1) is 0 Å². The highest BCUT2D eigenvalue weighted by Gasteiger charge is 2.24. The Labute approximate surface area is 193 Å². The molecule has 32 heavy (non-hydrogen) atoms. The number of methoxy groups -OCH3 is 1. The van der Waals surface area contributed by atoms with Crippen LogP contribution in [-0.2, 0) is 10.0 Å². The first-order valence-corrected chi connectivity index (χ1v) is 13.7. The van der Waals surface area contributed by atoms with E-state index in [4.69, 9.17) is 4.74 Å². The van der Waals surface area contributed by atoms with Crippen LogP contribution < -0.4 is 9.46 Å². The molecule has 1 amide bonds. The first-order valence-electron chi connectivity index (χ1n) is 12.2. The predicted molar refractivity (Wildman–Crippen MR) is 127 cm³/mol. The summed E-state index contributed by atoms with van der Waals surface area (Å²) in [4.78, 5) is 17.5. The van der Waals surface area contributed by atoms with E-state index in [2.05, 4.69) is 16.5 Å². The van der Waals surface area contributed by atoms with E-state index in [9.17, 15) is 13.2 Å². The molecule has 0 spiro atoms. The summed E-state index contributed by atoms with van der Waals surface area (Å²) >= 11 is 0. The number of carbonyl (C=O) groups is 1. The highest BCUT2D eigenvalue weighted by molar-refractivity contribution is 7.89. The molecule has 1 aromatic rings. The molecule has 7 nitrogen and oxygen atoms in total. The van der Waals surface area contributed by atoms with Gasteiger partial charge in [0.25, 0.3) is 5.91 Å². The molecule has 3 rings (SSSR count). The zero-order valence-electron chi connectivity index (χ0n) is 19.6. The van der Waals surface area contributed by atoms with Crippen molar-refractivity contribution in [3.05, 3.63) is 23.8 Å². The summed E-state index contributed by atoms with van der Waals surface area (Å²) in [6.07, 6.45) is 9.86. The van der Waals surface area contributed by atoms with E-state index in [1.165, 1.54) is 38.5 Å². The van der Waals surface area contributed by atoms with E-state index in [1.54, 1.807) is 6.07 Å². The van der Waals surface area contributed by atoms with Crippen LogP contribution in [0.4, 0.5) is 0 Å². The minimum absolute atomic E-state index is 0.112. The number of sulfonamides is 1. The van der Waals surface area contributed by atoms with Gasteiger partial charge in [-0.3, -0.25) is 4.79 Å². The Hall–Kier alpha value is -1.64. The molecule has 0 aliphatic carbocycles. The Morgan fingerprint density at radius 1 is 1.09 bits per heavy atom. The van der Waals surface area contributed by atoms with Crippen LogP contribution in [-0.4, -0.2) is 70.0 Å². The van der Waals surface area contributed by atoms with Gasteiger partial charge in [0.05, 0.1) is 17.6 Å². The molecule has 180 valence electrons. The van der Waals surface area contributed by atoms with Gasteiger partial charge in [0.15, 0.2) is 0 Å². The first kappa shape index (κ1) is 25.0. The topological polar surface area (TPSA) is 79.0 Å².